The van der Waals surface area contributed by atoms with E-state index in [2.05, 4.69) is 90.8 Å². The van der Waals surface area contributed by atoms with Gasteiger partial charge >= 0.3 is 0 Å². The smallest absolute Gasteiger partial charge is 0.0831 e. The van der Waals surface area contributed by atoms with Gasteiger partial charge in [0.15, 0.2) is 0 Å². The second-order valence-electron chi connectivity index (χ2n) is 6.23. The van der Waals surface area contributed by atoms with E-state index >= 15 is 0 Å². The Bertz CT molecular complexity index is 853. The standard InChI is InChI=1S/C22H20N2/c1-17-9-8-14-20(15-17)24-22(19-12-6-3-7-13-19)16-21(23-24)18-10-4-2-5-11-18/h2-15,22H,16H2,1H3/t22-/m0/s1. The minimum absolute atomic E-state index is 0.239. The van der Waals surface area contributed by atoms with Gasteiger partial charge in [0.1, 0.15) is 0 Å². The van der Waals surface area contributed by atoms with Crippen molar-refractivity contribution >= 4 is 11.4 Å². The van der Waals surface area contributed by atoms with Crippen LogP contribution in [0.1, 0.15) is 29.2 Å². The highest BCUT2D eigenvalue weighted by Crippen LogP contribution is 2.36. The Balaban J connectivity index is 1.77. The molecule has 1 atom stereocenters. The van der Waals surface area contributed by atoms with Gasteiger partial charge in [-0.2, -0.15) is 5.10 Å². The molecule has 3 aromatic rings. The Labute approximate surface area is 143 Å². The molecule has 0 aromatic heterocycles. The van der Waals surface area contributed by atoms with Crippen LogP contribution in [0, 0.1) is 6.92 Å². The van der Waals surface area contributed by atoms with Gasteiger partial charge in [-0.1, -0.05) is 72.8 Å². The minimum atomic E-state index is 0.239. The highest BCUT2D eigenvalue weighted by molar-refractivity contribution is 6.03. The van der Waals surface area contributed by atoms with Gasteiger partial charge in [-0.05, 0) is 35.7 Å². The summed E-state index contributed by atoms with van der Waals surface area (Å²) in [7, 11) is 0. The first-order chi connectivity index (χ1) is 11.8. The lowest BCUT2D eigenvalue weighted by Crippen LogP contribution is -2.18. The minimum Gasteiger partial charge on any atom is -0.257 e. The molecule has 4 rings (SSSR count). The second kappa shape index (κ2) is 6.32. The van der Waals surface area contributed by atoms with Crippen LogP contribution in [-0.2, 0) is 0 Å². The number of nitrogens with zero attached hydrogens (tertiary/aromatic N) is 2. The Kier molecular flexibility index (Phi) is 3.87. The summed E-state index contributed by atoms with van der Waals surface area (Å²) in [5.41, 5.74) is 6.05. The van der Waals surface area contributed by atoms with E-state index in [0.29, 0.717) is 0 Å². The first-order valence-corrected chi connectivity index (χ1v) is 8.35. The van der Waals surface area contributed by atoms with Crippen LogP contribution in [0.5, 0.6) is 0 Å². The van der Waals surface area contributed by atoms with Crippen molar-refractivity contribution in [3.63, 3.8) is 0 Å². The Morgan fingerprint density at radius 3 is 2.25 bits per heavy atom. The molecule has 0 unspecified atom stereocenters. The summed E-state index contributed by atoms with van der Waals surface area (Å²) >= 11 is 0. The average molecular weight is 312 g/mol. The first-order valence-electron chi connectivity index (χ1n) is 8.35. The lowest BCUT2D eigenvalue weighted by molar-refractivity contribution is 0.708. The van der Waals surface area contributed by atoms with Crippen LogP contribution < -0.4 is 5.01 Å². The molecule has 24 heavy (non-hydrogen) atoms. The van der Waals surface area contributed by atoms with Gasteiger partial charge in [-0.25, -0.2) is 0 Å². The van der Waals surface area contributed by atoms with Crippen molar-refractivity contribution in [2.45, 2.75) is 19.4 Å². The molecular weight excluding hydrogens is 292 g/mol. The lowest BCUT2D eigenvalue weighted by atomic mass is 9.98. The van der Waals surface area contributed by atoms with Crippen molar-refractivity contribution in [2.24, 2.45) is 5.10 Å². The summed E-state index contributed by atoms with van der Waals surface area (Å²) in [6, 6.07) is 29.9. The van der Waals surface area contributed by atoms with E-state index in [1.165, 1.54) is 16.7 Å². The molecule has 118 valence electrons. The van der Waals surface area contributed by atoms with Crippen LogP contribution >= 0.6 is 0 Å². The van der Waals surface area contributed by atoms with Crippen LogP contribution in [0.15, 0.2) is 90.0 Å². The maximum absolute atomic E-state index is 4.98. The van der Waals surface area contributed by atoms with Crippen molar-refractivity contribution in [2.75, 3.05) is 5.01 Å². The number of anilines is 1. The van der Waals surface area contributed by atoms with Crippen molar-refractivity contribution in [1.29, 1.82) is 0 Å². The number of aryl methyl sites for hydroxylation is 1. The van der Waals surface area contributed by atoms with Gasteiger partial charge in [0, 0.05) is 6.42 Å². The monoisotopic (exact) mass is 312 g/mol. The molecule has 0 bridgehead atoms. The van der Waals surface area contributed by atoms with Crippen LogP contribution in [0.3, 0.4) is 0 Å². The molecule has 0 aliphatic carbocycles. The molecule has 2 nitrogen and oxygen atoms in total. The molecule has 1 heterocycles. The van der Waals surface area contributed by atoms with Gasteiger partial charge in [0.2, 0.25) is 0 Å². The van der Waals surface area contributed by atoms with Gasteiger partial charge < -0.3 is 0 Å². The largest absolute Gasteiger partial charge is 0.257 e. The van der Waals surface area contributed by atoms with Crippen molar-refractivity contribution in [1.82, 2.24) is 0 Å². The van der Waals surface area contributed by atoms with Crippen molar-refractivity contribution in [3.8, 4) is 0 Å². The number of hydrazone groups is 1. The zero-order valence-electron chi connectivity index (χ0n) is 13.8. The van der Waals surface area contributed by atoms with Gasteiger partial charge in [-0.15, -0.1) is 0 Å². The maximum atomic E-state index is 4.98. The fourth-order valence-electron chi connectivity index (χ4n) is 3.26. The number of rotatable bonds is 3. The Morgan fingerprint density at radius 1 is 0.833 bits per heavy atom. The molecule has 0 fully saturated rings. The second-order valence-corrected chi connectivity index (χ2v) is 6.23. The quantitative estimate of drug-likeness (QED) is 0.636. The van der Waals surface area contributed by atoms with Gasteiger partial charge in [0.25, 0.3) is 0 Å². The lowest BCUT2D eigenvalue weighted by Gasteiger charge is -2.24. The third-order valence-electron chi connectivity index (χ3n) is 4.47. The van der Waals surface area contributed by atoms with E-state index in [0.717, 1.165) is 17.8 Å². The van der Waals surface area contributed by atoms with Crippen LogP contribution in [0.25, 0.3) is 0 Å². The topological polar surface area (TPSA) is 15.6 Å². The molecule has 1 aliphatic rings. The van der Waals surface area contributed by atoms with Crippen LogP contribution in [-0.4, -0.2) is 5.71 Å². The molecule has 0 amide bonds. The van der Waals surface area contributed by atoms with Gasteiger partial charge in [-0.3, -0.25) is 5.01 Å². The summed E-state index contributed by atoms with van der Waals surface area (Å²) in [6.45, 7) is 2.12. The fourth-order valence-corrected chi connectivity index (χ4v) is 3.26. The molecule has 2 heteroatoms. The third kappa shape index (κ3) is 2.83. The van der Waals surface area contributed by atoms with Crippen molar-refractivity contribution in [3.05, 3.63) is 102 Å². The average Bonchev–Trinajstić information content (AvgIpc) is 3.09. The number of benzene rings is 3. The van der Waals surface area contributed by atoms with Crippen molar-refractivity contribution < 1.29 is 0 Å². The van der Waals surface area contributed by atoms with E-state index in [-0.39, 0.29) is 6.04 Å². The SMILES string of the molecule is Cc1cccc(N2N=C(c3ccccc3)C[C@H]2c2ccccc2)c1. The molecule has 0 saturated heterocycles. The van der Waals surface area contributed by atoms with E-state index < -0.39 is 0 Å². The van der Waals surface area contributed by atoms with Crippen LogP contribution in [0.2, 0.25) is 0 Å². The number of hydrogen-bond donors (Lipinski definition) is 0. The Hall–Kier alpha value is -2.87. The zero-order chi connectivity index (χ0) is 16.4. The Morgan fingerprint density at radius 2 is 1.54 bits per heavy atom. The fraction of sp³-hybridized carbons (Fsp3) is 0.136. The number of hydrogen-bond acceptors (Lipinski definition) is 2. The summed E-state index contributed by atoms with van der Waals surface area (Å²) in [6.07, 6.45) is 0.919. The predicted octanol–water partition coefficient (Wildman–Crippen LogP) is 5.35. The summed E-state index contributed by atoms with van der Waals surface area (Å²) in [5.74, 6) is 0. The molecule has 0 radical (unpaired) electrons. The molecule has 1 aliphatic heterocycles. The van der Waals surface area contributed by atoms with E-state index in [1.54, 1.807) is 0 Å². The van der Waals surface area contributed by atoms with E-state index in [9.17, 15) is 0 Å². The van der Waals surface area contributed by atoms with Crippen LogP contribution in [0.4, 0.5) is 5.69 Å². The maximum Gasteiger partial charge on any atom is 0.0831 e. The molecule has 3 aromatic carbocycles. The molecule has 0 saturated carbocycles. The van der Waals surface area contributed by atoms with E-state index in [4.69, 9.17) is 5.10 Å². The predicted molar refractivity (Wildman–Crippen MR) is 100 cm³/mol. The highest BCUT2D eigenvalue weighted by atomic mass is 15.5. The molecular formula is C22H20N2. The first kappa shape index (κ1) is 14.7. The normalized spacial score (nSPS) is 17.0. The highest BCUT2D eigenvalue weighted by Gasteiger charge is 2.29. The molecule has 0 spiro atoms. The van der Waals surface area contributed by atoms with E-state index in [1.807, 2.05) is 6.07 Å². The zero-order valence-corrected chi connectivity index (χ0v) is 13.8. The summed E-state index contributed by atoms with van der Waals surface area (Å²) in [4.78, 5) is 0. The third-order valence-corrected chi connectivity index (χ3v) is 4.47. The summed E-state index contributed by atoms with van der Waals surface area (Å²) < 4.78 is 0. The summed E-state index contributed by atoms with van der Waals surface area (Å²) in [5, 5.41) is 7.15. The molecule has 0 N–H and O–H groups in total. The van der Waals surface area contributed by atoms with Gasteiger partial charge in [0.05, 0.1) is 17.4 Å².